The molecule has 0 spiro atoms. The zero-order valence-electron chi connectivity index (χ0n) is 15.5. The van der Waals surface area contributed by atoms with Gasteiger partial charge in [-0.2, -0.15) is 0 Å². The molecule has 0 unspecified atom stereocenters. The van der Waals surface area contributed by atoms with Crippen molar-refractivity contribution in [3.63, 3.8) is 0 Å². The Hall–Kier alpha value is -3.35. The molecule has 7 heteroatoms. The van der Waals surface area contributed by atoms with Gasteiger partial charge in [-0.25, -0.2) is 0 Å². The van der Waals surface area contributed by atoms with Crippen LogP contribution >= 0.6 is 0 Å². The van der Waals surface area contributed by atoms with E-state index in [2.05, 4.69) is 0 Å². The first-order valence-electron chi connectivity index (χ1n) is 8.12. The monoisotopic (exact) mass is 372 g/mol. The van der Waals surface area contributed by atoms with Gasteiger partial charge >= 0.3 is 0 Å². The summed E-state index contributed by atoms with van der Waals surface area (Å²) in [5, 5.41) is 0. The average Bonchev–Trinajstić information content (AvgIpc) is 3.20. The first-order chi connectivity index (χ1) is 13.1. The summed E-state index contributed by atoms with van der Waals surface area (Å²) in [5.41, 5.74) is 1.01. The maximum atomic E-state index is 12.7. The minimum atomic E-state index is -0.246. The molecule has 0 radical (unpaired) electrons. The van der Waals surface area contributed by atoms with E-state index >= 15 is 0 Å². The molecule has 1 aliphatic rings. The van der Waals surface area contributed by atoms with Gasteiger partial charge in [0.05, 0.1) is 34.0 Å². The van der Waals surface area contributed by atoms with E-state index in [4.69, 9.17) is 28.4 Å². The van der Waals surface area contributed by atoms with Crippen molar-refractivity contribution in [3.05, 3.63) is 41.5 Å². The molecule has 0 saturated heterocycles. The Morgan fingerprint density at radius 2 is 1.67 bits per heavy atom. The summed E-state index contributed by atoms with van der Waals surface area (Å²) in [6.07, 6.45) is 3.06. The van der Waals surface area contributed by atoms with E-state index < -0.39 is 0 Å². The maximum absolute atomic E-state index is 12.7. The van der Waals surface area contributed by atoms with Gasteiger partial charge in [-0.1, -0.05) is 0 Å². The van der Waals surface area contributed by atoms with Gasteiger partial charge < -0.3 is 28.4 Å². The zero-order chi connectivity index (χ0) is 19.4. The first kappa shape index (κ1) is 18.4. The van der Waals surface area contributed by atoms with Crippen LogP contribution in [0.25, 0.3) is 6.08 Å². The maximum Gasteiger partial charge on any atom is 0.231 e. The minimum Gasteiger partial charge on any atom is -0.497 e. The second-order valence-electron chi connectivity index (χ2n) is 5.53. The van der Waals surface area contributed by atoms with Gasteiger partial charge in [0.15, 0.2) is 17.3 Å². The molecule has 2 aromatic carbocycles. The standard InChI is InChI=1S/C20H20O7/c1-22-13-6-8-16(23-2)14(10-13)15(21)7-5-12-9-17(24-3)19-20(18(12)25-4)27-11-26-19/h5-10H,11H2,1-4H3/b7-5+. The Bertz CT molecular complexity index is 886. The summed E-state index contributed by atoms with van der Waals surface area (Å²) in [7, 11) is 6.10. The second-order valence-corrected chi connectivity index (χ2v) is 5.53. The highest BCUT2D eigenvalue weighted by Gasteiger charge is 2.26. The molecule has 1 heterocycles. The van der Waals surface area contributed by atoms with Crippen LogP contribution in [-0.2, 0) is 0 Å². The SMILES string of the molecule is COc1ccc(OC)c(C(=O)/C=C/c2cc(OC)c3c(c2OC)OCO3)c1. The van der Waals surface area contributed by atoms with Crippen LogP contribution in [-0.4, -0.2) is 41.0 Å². The van der Waals surface area contributed by atoms with Crippen molar-refractivity contribution >= 4 is 11.9 Å². The van der Waals surface area contributed by atoms with Crippen LogP contribution in [0, 0.1) is 0 Å². The summed E-state index contributed by atoms with van der Waals surface area (Å²) in [6, 6.07) is 6.76. The predicted octanol–water partition coefficient (Wildman–Crippen LogP) is 3.35. The first-order valence-corrected chi connectivity index (χ1v) is 8.12. The van der Waals surface area contributed by atoms with Crippen molar-refractivity contribution in [1.29, 1.82) is 0 Å². The summed E-state index contributed by atoms with van der Waals surface area (Å²) in [6.45, 7) is 0.0785. The number of carbonyl (C=O) groups excluding carboxylic acids is 1. The third kappa shape index (κ3) is 3.48. The Labute approximate surface area is 157 Å². The van der Waals surface area contributed by atoms with Crippen molar-refractivity contribution in [2.45, 2.75) is 0 Å². The molecule has 0 amide bonds. The van der Waals surface area contributed by atoms with E-state index in [1.165, 1.54) is 34.5 Å². The number of ether oxygens (including phenoxy) is 6. The average molecular weight is 372 g/mol. The van der Waals surface area contributed by atoms with E-state index in [1.54, 1.807) is 30.3 Å². The fraction of sp³-hybridized carbons (Fsp3) is 0.250. The van der Waals surface area contributed by atoms with E-state index in [9.17, 15) is 4.79 Å². The van der Waals surface area contributed by atoms with Gasteiger partial charge in [-0.05, 0) is 36.4 Å². The lowest BCUT2D eigenvalue weighted by Crippen LogP contribution is -2.00. The largest absolute Gasteiger partial charge is 0.497 e. The molecule has 0 atom stereocenters. The third-order valence-electron chi connectivity index (χ3n) is 4.10. The molecule has 0 aliphatic carbocycles. The summed E-state index contributed by atoms with van der Waals surface area (Å²) < 4.78 is 32.1. The normalized spacial score (nSPS) is 12.1. The molecule has 2 aromatic rings. The number of ketones is 1. The van der Waals surface area contributed by atoms with E-state index in [1.807, 2.05) is 0 Å². The van der Waals surface area contributed by atoms with Crippen LogP contribution in [0.4, 0.5) is 0 Å². The number of allylic oxidation sites excluding steroid dienone is 1. The molecule has 0 N–H and O–H groups in total. The molecular weight excluding hydrogens is 352 g/mol. The summed E-state index contributed by atoms with van der Waals surface area (Å²) in [4.78, 5) is 12.7. The highest BCUT2D eigenvalue weighted by Crippen LogP contribution is 2.49. The van der Waals surface area contributed by atoms with Crippen LogP contribution in [0.3, 0.4) is 0 Å². The molecule has 27 heavy (non-hydrogen) atoms. The van der Waals surface area contributed by atoms with Crippen molar-refractivity contribution in [2.75, 3.05) is 35.2 Å². The topological polar surface area (TPSA) is 72.5 Å². The highest BCUT2D eigenvalue weighted by atomic mass is 16.7. The lowest BCUT2D eigenvalue weighted by Gasteiger charge is -2.12. The van der Waals surface area contributed by atoms with Crippen LogP contribution in [0.5, 0.6) is 34.5 Å². The molecule has 7 nitrogen and oxygen atoms in total. The zero-order valence-corrected chi connectivity index (χ0v) is 15.5. The Balaban J connectivity index is 1.98. The fourth-order valence-electron chi connectivity index (χ4n) is 2.78. The molecular formula is C20H20O7. The lowest BCUT2D eigenvalue weighted by molar-refractivity contribution is 0.104. The Morgan fingerprint density at radius 3 is 2.33 bits per heavy atom. The number of carbonyl (C=O) groups is 1. The van der Waals surface area contributed by atoms with Crippen LogP contribution < -0.4 is 28.4 Å². The molecule has 0 saturated carbocycles. The van der Waals surface area contributed by atoms with Gasteiger partial charge in [-0.15, -0.1) is 0 Å². The quantitative estimate of drug-likeness (QED) is 0.545. The summed E-state index contributed by atoms with van der Waals surface area (Å²) in [5.74, 6) is 2.66. The van der Waals surface area contributed by atoms with Gasteiger partial charge in [0.25, 0.3) is 0 Å². The molecule has 0 bridgehead atoms. The lowest BCUT2D eigenvalue weighted by atomic mass is 10.1. The number of hydrogen-bond donors (Lipinski definition) is 0. The van der Waals surface area contributed by atoms with Crippen LogP contribution in [0.2, 0.25) is 0 Å². The van der Waals surface area contributed by atoms with E-state index in [0.29, 0.717) is 45.6 Å². The Morgan fingerprint density at radius 1 is 0.926 bits per heavy atom. The van der Waals surface area contributed by atoms with Gasteiger partial charge in [0.1, 0.15) is 11.5 Å². The summed E-state index contributed by atoms with van der Waals surface area (Å²) >= 11 is 0. The van der Waals surface area contributed by atoms with E-state index in [-0.39, 0.29) is 12.6 Å². The van der Waals surface area contributed by atoms with Crippen LogP contribution in [0.15, 0.2) is 30.3 Å². The highest BCUT2D eigenvalue weighted by molar-refractivity contribution is 6.09. The fourth-order valence-corrected chi connectivity index (χ4v) is 2.78. The molecule has 142 valence electrons. The van der Waals surface area contributed by atoms with Gasteiger partial charge in [0, 0.05) is 5.56 Å². The second kappa shape index (κ2) is 7.90. The number of hydrogen-bond acceptors (Lipinski definition) is 7. The molecule has 1 aliphatic heterocycles. The predicted molar refractivity (Wildman–Crippen MR) is 98.6 cm³/mol. The van der Waals surface area contributed by atoms with Crippen molar-refractivity contribution in [3.8, 4) is 34.5 Å². The van der Waals surface area contributed by atoms with Crippen molar-refractivity contribution < 1.29 is 33.2 Å². The smallest absolute Gasteiger partial charge is 0.231 e. The number of benzene rings is 2. The number of fused-ring (bicyclic) bond motifs is 1. The third-order valence-corrected chi connectivity index (χ3v) is 4.10. The van der Waals surface area contributed by atoms with E-state index in [0.717, 1.165) is 0 Å². The van der Waals surface area contributed by atoms with Crippen LogP contribution in [0.1, 0.15) is 15.9 Å². The van der Waals surface area contributed by atoms with Crippen molar-refractivity contribution in [1.82, 2.24) is 0 Å². The molecule has 3 rings (SSSR count). The number of rotatable bonds is 7. The van der Waals surface area contributed by atoms with Gasteiger partial charge in [0.2, 0.25) is 18.3 Å². The van der Waals surface area contributed by atoms with Crippen molar-refractivity contribution in [2.24, 2.45) is 0 Å². The molecule has 0 aromatic heterocycles. The Kier molecular flexibility index (Phi) is 5.40. The van der Waals surface area contributed by atoms with Gasteiger partial charge in [-0.3, -0.25) is 4.79 Å². The number of methoxy groups -OCH3 is 4. The molecule has 0 fully saturated rings. The minimum absolute atomic E-state index is 0.0785.